The molecule has 2 rings (SSSR count). The molecule has 0 spiro atoms. The highest BCUT2D eigenvalue weighted by Crippen LogP contribution is 2.41. The van der Waals surface area contributed by atoms with Crippen molar-refractivity contribution in [1.82, 2.24) is 4.90 Å². The Hall–Kier alpha value is -0.570. The quantitative estimate of drug-likeness (QED) is 0.852. The van der Waals surface area contributed by atoms with Crippen molar-refractivity contribution in [2.45, 2.75) is 65.3 Å². The number of piperidine rings is 1. The van der Waals surface area contributed by atoms with Crippen LogP contribution in [0.3, 0.4) is 0 Å². The monoisotopic (exact) mass is 267 g/mol. The van der Waals surface area contributed by atoms with Gasteiger partial charge in [0.2, 0.25) is 0 Å². The molecule has 3 nitrogen and oxygen atoms in total. The molecule has 1 N–H and O–H groups in total. The maximum Gasteiger partial charge on any atom is 0.310 e. The average Bonchev–Trinajstić information content (AvgIpc) is 2.35. The fourth-order valence-corrected chi connectivity index (χ4v) is 3.83. The summed E-state index contributed by atoms with van der Waals surface area (Å²) in [5.74, 6) is 0.926. The van der Waals surface area contributed by atoms with Crippen molar-refractivity contribution in [3.63, 3.8) is 0 Å². The Morgan fingerprint density at radius 1 is 1.16 bits per heavy atom. The third-order valence-corrected chi connectivity index (χ3v) is 5.47. The maximum absolute atomic E-state index is 11.8. The second kappa shape index (κ2) is 5.82. The summed E-state index contributed by atoms with van der Waals surface area (Å²) >= 11 is 0. The smallest absolute Gasteiger partial charge is 0.310 e. The molecule has 1 saturated carbocycles. The summed E-state index contributed by atoms with van der Waals surface area (Å²) in [4.78, 5) is 14.2. The molecule has 0 radical (unpaired) electrons. The minimum Gasteiger partial charge on any atom is -0.481 e. The van der Waals surface area contributed by atoms with Crippen LogP contribution in [0.2, 0.25) is 0 Å². The Balaban J connectivity index is 2.03. The first-order valence-corrected chi connectivity index (χ1v) is 7.90. The van der Waals surface area contributed by atoms with E-state index in [1.165, 1.54) is 12.8 Å². The van der Waals surface area contributed by atoms with E-state index in [0.717, 1.165) is 44.7 Å². The van der Waals surface area contributed by atoms with Crippen LogP contribution in [0, 0.1) is 17.3 Å². The van der Waals surface area contributed by atoms with E-state index in [9.17, 15) is 9.90 Å². The normalized spacial score (nSPS) is 41.1. The average molecular weight is 267 g/mol. The van der Waals surface area contributed by atoms with Crippen molar-refractivity contribution in [3.8, 4) is 0 Å². The van der Waals surface area contributed by atoms with E-state index < -0.39 is 11.4 Å². The number of carboxylic acid groups (broad SMARTS) is 1. The van der Waals surface area contributed by atoms with Crippen molar-refractivity contribution in [1.29, 1.82) is 0 Å². The van der Waals surface area contributed by atoms with Gasteiger partial charge in [-0.2, -0.15) is 0 Å². The van der Waals surface area contributed by atoms with Gasteiger partial charge in [-0.15, -0.1) is 0 Å². The number of carbonyl (C=O) groups is 1. The third-order valence-electron chi connectivity index (χ3n) is 5.47. The van der Waals surface area contributed by atoms with Crippen LogP contribution in [0.1, 0.15) is 59.3 Å². The van der Waals surface area contributed by atoms with E-state index >= 15 is 0 Å². The molecule has 1 heterocycles. The van der Waals surface area contributed by atoms with Crippen LogP contribution in [-0.4, -0.2) is 35.1 Å². The largest absolute Gasteiger partial charge is 0.481 e. The Morgan fingerprint density at radius 3 is 2.32 bits per heavy atom. The molecule has 110 valence electrons. The molecular weight excluding hydrogens is 238 g/mol. The van der Waals surface area contributed by atoms with Crippen LogP contribution < -0.4 is 0 Å². The Bertz CT molecular complexity index is 321. The van der Waals surface area contributed by atoms with Crippen molar-refractivity contribution in [2.24, 2.45) is 17.3 Å². The first-order valence-electron chi connectivity index (χ1n) is 7.90. The Labute approximate surface area is 117 Å². The standard InChI is InChI=1S/C16H29NO2/c1-12-4-7-16(8-5-12,15(18)19)11-17-9-6-13(2)10-14(17)3/h12-14H,4-11H2,1-3H3,(H,18,19). The van der Waals surface area contributed by atoms with Crippen LogP contribution in [0.15, 0.2) is 0 Å². The highest BCUT2D eigenvalue weighted by Gasteiger charge is 2.43. The molecule has 0 bridgehead atoms. The van der Waals surface area contributed by atoms with Gasteiger partial charge in [-0.05, 0) is 63.8 Å². The molecule has 1 aliphatic carbocycles. The predicted molar refractivity (Wildman–Crippen MR) is 77.1 cm³/mol. The predicted octanol–water partition coefficient (Wildman–Crippen LogP) is 3.39. The zero-order valence-corrected chi connectivity index (χ0v) is 12.7. The van der Waals surface area contributed by atoms with Gasteiger partial charge in [-0.1, -0.05) is 13.8 Å². The van der Waals surface area contributed by atoms with Gasteiger partial charge < -0.3 is 5.11 Å². The lowest BCUT2D eigenvalue weighted by Gasteiger charge is -2.44. The summed E-state index contributed by atoms with van der Waals surface area (Å²) in [5, 5.41) is 9.72. The van der Waals surface area contributed by atoms with Gasteiger partial charge in [0, 0.05) is 12.6 Å². The topological polar surface area (TPSA) is 40.5 Å². The number of hydrogen-bond acceptors (Lipinski definition) is 2. The lowest BCUT2D eigenvalue weighted by atomic mass is 9.70. The fourth-order valence-electron chi connectivity index (χ4n) is 3.83. The molecular formula is C16H29NO2. The number of carboxylic acids is 1. The fraction of sp³-hybridized carbons (Fsp3) is 0.938. The summed E-state index contributed by atoms with van der Waals surface area (Å²) in [6.45, 7) is 8.66. The van der Waals surface area contributed by atoms with E-state index in [1.807, 2.05) is 0 Å². The summed E-state index contributed by atoms with van der Waals surface area (Å²) in [7, 11) is 0. The summed E-state index contributed by atoms with van der Waals surface area (Å²) < 4.78 is 0. The lowest BCUT2D eigenvalue weighted by Crippen LogP contribution is -2.50. The molecule has 1 aliphatic heterocycles. The van der Waals surface area contributed by atoms with E-state index in [0.29, 0.717) is 12.0 Å². The number of hydrogen-bond donors (Lipinski definition) is 1. The molecule has 0 aromatic carbocycles. The minimum atomic E-state index is -0.565. The molecule has 19 heavy (non-hydrogen) atoms. The lowest BCUT2D eigenvalue weighted by molar-refractivity contribution is -0.154. The first kappa shape index (κ1) is 14.8. The Morgan fingerprint density at radius 2 is 1.79 bits per heavy atom. The number of likely N-dealkylation sites (tertiary alicyclic amines) is 1. The van der Waals surface area contributed by atoms with Crippen LogP contribution >= 0.6 is 0 Å². The SMILES string of the molecule is CC1CCC(CN2CCC(C)CC2C)(C(=O)O)CC1. The van der Waals surface area contributed by atoms with E-state index in [1.54, 1.807) is 0 Å². The molecule has 0 amide bonds. The highest BCUT2D eigenvalue weighted by atomic mass is 16.4. The molecule has 2 fully saturated rings. The van der Waals surface area contributed by atoms with Crippen molar-refractivity contribution in [2.75, 3.05) is 13.1 Å². The summed E-state index contributed by atoms with van der Waals surface area (Å²) in [5.41, 5.74) is -0.471. The van der Waals surface area contributed by atoms with Crippen molar-refractivity contribution in [3.05, 3.63) is 0 Å². The van der Waals surface area contributed by atoms with Crippen LogP contribution in [0.4, 0.5) is 0 Å². The van der Waals surface area contributed by atoms with Gasteiger partial charge in [-0.25, -0.2) is 0 Å². The number of aliphatic carboxylic acids is 1. The van der Waals surface area contributed by atoms with Crippen molar-refractivity contribution < 1.29 is 9.90 Å². The van der Waals surface area contributed by atoms with Gasteiger partial charge in [0.05, 0.1) is 5.41 Å². The van der Waals surface area contributed by atoms with Gasteiger partial charge in [0.15, 0.2) is 0 Å². The number of rotatable bonds is 3. The molecule has 3 heteroatoms. The molecule has 2 unspecified atom stereocenters. The second-order valence-corrected chi connectivity index (χ2v) is 7.22. The minimum absolute atomic E-state index is 0.471. The Kier molecular flexibility index (Phi) is 4.54. The van der Waals surface area contributed by atoms with Gasteiger partial charge >= 0.3 is 5.97 Å². The van der Waals surface area contributed by atoms with Crippen molar-refractivity contribution >= 4 is 5.97 Å². The number of nitrogens with zero attached hydrogens (tertiary/aromatic N) is 1. The van der Waals surface area contributed by atoms with E-state index in [2.05, 4.69) is 25.7 Å². The zero-order chi connectivity index (χ0) is 14.0. The second-order valence-electron chi connectivity index (χ2n) is 7.22. The van der Waals surface area contributed by atoms with Crippen LogP contribution in [-0.2, 0) is 4.79 Å². The third kappa shape index (κ3) is 3.31. The summed E-state index contributed by atoms with van der Waals surface area (Å²) in [6.07, 6.45) is 6.31. The van der Waals surface area contributed by atoms with Gasteiger partial charge in [0.1, 0.15) is 0 Å². The molecule has 2 atom stereocenters. The molecule has 1 saturated heterocycles. The van der Waals surface area contributed by atoms with Crippen LogP contribution in [0.5, 0.6) is 0 Å². The molecule has 0 aromatic heterocycles. The van der Waals surface area contributed by atoms with E-state index in [4.69, 9.17) is 0 Å². The van der Waals surface area contributed by atoms with Gasteiger partial charge in [-0.3, -0.25) is 9.69 Å². The van der Waals surface area contributed by atoms with Crippen LogP contribution in [0.25, 0.3) is 0 Å². The molecule has 0 aromatic rings. The summed E-state index contributed by atoms with van der Waals surface area (Å²) in [6, 6.07) is 0.541. The zero-order valence-electron chi connectivity index (χ0n) is 12.7. The van der Waals surface area contributed by atoms with E-state index in [-0.39, 0.29) is 0 Å². The highest BCUT2D eigenvalue weighted by molar-refractivity contribution is 5.75. The maximum atomic E-state index is 11.8. The van der Waals surface area contributed by atoms with Gasteiger partial charge in [0.25, 0.3) is 0 Å². The first-order chi connectivity index (χ1) is 8.93. The molecule has 2 aliphatic rings.